The van der Waals surface area contributed by atoms with Crippen LogP contribution in [0, 0.1) is 3.57 Å². The van der Waals surface area contributed by atoms with Crippen LogP contribution in [0.15, 0.2) is 108 Å². The van der Waals surface area contributed by atoms with Crippen molar-refractivity contribution in [3.05, 3.63) is 117 Å². The SMILES string of the molecule is COc1cc(/C=N/NC(=O)c2ccc(-c3csc(Nc4ccccc4)n3)cc2)cc(I)c1OCC(=O)Nc1ccccc1. The first-order valence-corrected chi connectivity index (χ1v) is 15.0. The van der Waals surface area contributed by atoms with Gasteiger partial charge in [-0.05, 0) is 76.7 Å². The normalized spacial score (nSPS) is 10.7. The molecule has 5 rings (SSSR count). The van der Waals surface area contributed by atoms with Crippen molar-refractivity contribution in [2.45, 2.75) is 0 Å². The second-order valence-electron chi connectivity index (χ2n) is 9.04. The average Bonchev–Trinajstić information content (AvgIpc) is 3.49. The van der Waals surface area contributed by atoms with Gasteiger partial charge in [-0.3, -0.25) is 9.59 Å². The van der Waals surface area contributed by atoms with Crippen LogP contribution < -0.4 is 25.5 Å². The Morgan fingerprint density at radius 3 is 2.35 bits per heavy atom. The number of hydrazone groups is 1. The first kappa shape index (κ1) is 29.7. The minimum Gasteiger partial charge on any atom is -0.493 e. The van der Waals surface area contributed by atoms with Crippen LogP contribution in [0.5, 0.6) is 11.5 Å². The molecule has 0 saturated carbocycles. The number of anilines is 3. The van der Waals surface area contributed by atoms with Crippen molar-refractivity contribution in [2.75, 3.05) is 24.4 Å². The zero-order valence-electron chi connectivity index (χ0n) is 22.9. The molecule has 0 aliphatic carbocycles. The molecule has 5 aromatic rings. The number of para-hydroxylation sites is 2. The smallest absolute Gasteiger partial charge is 0.271 e. The van der Waals surface area contributed by atoms with Crippen LogP contribution in [0.1, 0.15) is 15.9 Å². The minimum absolute atomic E-state index is 0.183. The molecular weight excluding hydrogens is 677 g/mol. The van der Waals surface area contributed by atoms with E-state index in [1.54, 1.807) is 30.3 Å². The number of halogens is 1. The molecule has 3 N–H and O–H groups in total. The van der Waals surface area contributed by atoms with E-state index in [9.17, 15) is 9.59 Å². The molecule has 0 bridgehead atoms. The molecule has 0 radical (unpaired) electrons. The zero-order valence-corrected chi connectivity index (χ0v) is 25.9. The van der Waals surface area contributed by atoms with Crippen molar-refractivity contribution in [1.82, 2.24) is 10.4 Å². The summed E-state index contributed by atoms with van der Waals surface area (Å²) in [5.41, 5.74) is 7.08. The summed E-state index contributed by atoms with van der Waals surface area (Å²) in [6.07, 6.45) is 1.51. The molecular formula is C32H26IN5O4S. The van der Waals surface area contributed by atoms with Crippen LogP contribution in [0.2, 0.25) is 0 Å². The number of aromatic nitrogens is 1. The molecule has 216 valence electrons. The first-order chi connectivity index (χ1) is 21.0. The van der Waals surface area contributed by atoms with E-state index in [-0.39, 0.29) is 18.4 Å². The maximum absolute atomic E-state index is 12.7. The number of benzene rings is 4. The molecule has 2 amide bonds. The lowest BCUT2D eigenvalue weighted by Gasteiger charge is -2.13. The van der Waals surface area contributed by atoms with Gasteiger partial charge in [0.1, 0.15) is 0 Å². The quantitative estimate of drug-likeness (QED) is 0.0780. The number of nitrogens with zero attached hydrogens (tertiary/aromatic N) is 2. The minimum atomic E-state index is -0.349. The van der Waals surface area contributed by atoms with Gasteiger partial charge in [0.2, 0.25) is 0 Å². The fourth-order valence-electron chi connectivity index (χ4n) is 3.94. The topological polar surface area (TPSA) is 114 Å². The highest BCUT2D eigenvalue weighted by Gasteiger charge is 2.14. The van der Waals surface area contributed by atoms with Gasteiger partial charge in [0.15, 0.2) is 23.2 Å². The molecule has 0 aliphatic rings. The Kier molecular flexibility index (Phi) is 9.97. The van der Waals surface area contributed by atoms with Crippen LogP contribution in [-0.4, -0.2) is 36.7 Å². The number of carbonyl (C=O) groups is 2. The lowest BCUT2D eigenvalue weighted by atomic mass is 10.1. The average molecular weight is 704 g/mol. The third-order valence-corrected chi connectivity index (χ3v) is 7.57. The molecule has 0 atom stereocenters. The standard InChI is InChI=1S/C32H26IN5O4S/c1-41-28-17-21(16-26(33)30(28)42-19-29(39)35-24-8-4-2-5-9-24)18-34-38-31(40)23-14-12-22(13-15-23)27-20-43-32(37-27)36-25-10-6-3-7-11-25/h2-18,20H,19H2,1H3,(H,35,39)(H,36,37)(H,38,40)/b34-18+. The van der Waals surface area contributed by atoms with Gasteiger partial charge < -0.3 is 20.1 Å². The van der Waals surface area contributed by atoms with Crippen LogP contribution >= 0.6 is 33.9 Å². The third-order valence-electron chi connectivity index (χ3n) is 6.01. The van der Waals surface area contributed by atoms with E-state index in [1.165, 1.54) is 24.7 Å². The Morgan fingerprint density at radius 1 is 0.953 bits per heavy atom. The van der Waals surface area contributed by atoms with Crippen molar-refractivity contribution < 1.29 is 19.1 Å². The Morgan fingerprint density at radius 2 is 1.65 bits per heavy atom. The third kappa shape index (κ3) is 8.17. The molecule has 0 spiro atoms. The number of hydrogen-bond acceptors (Lipinski definition) is 8. The van der Waals surface area contributed by atoms with Crippen molar-refractivity contribution in [3.8, 4) is 22.8 Å². The number of thiazole rings is 1. The molecule has 0 fully saturated rings. The number of nitrogens with one attached hydrogen (secondary N) is 3. The van der Waals surface area contributed by atoms with Gasteiger partial charge in [-0.2, -0.15) is 5.10 Å². The Hall–Kier alpha value is -4.75. The van der Waals surface area contributed by atoms with Gasteiger partial charge in [-0.1, -0.05) is 48.5 Å². The van der Waals surface area contributed by atoms with Crippen molar-refractivity contribution >= 4 is 68.5 Å². The number of hydrogen-bond donors (Lipinski definition) is 3. The van der Waals surface area contributed by atoms with Crippen molar-refractivity contribution in [3.63, 3.8) is 0 Å². The van der Waals surface area contributed by atoms with Crippen molar-refractivity contribution in [2.24, 2.45) is 5.10 Å². The summed E-state index contributed by atoms with van der Waals surface area (Å²) in [5, 5.41) is 12.9. The lowest BCUT2D eigenvalue weighted by molar-refractivity contribution is -0.118. The van der Waals surface area contributed by atoms with Crippen LogP contribution in [0.3, 0.4) is 0 Å². The highest BCUT2D eigenvalue weighted by Crippen LogP contribution is 2.33. The largest absolute Gasteiger partial charge is 0.493 e. The maximum atomic E-state index is 12.7. The predicted octanol–water partition coefficient (Wildman–Crippen LogP) is 6.95. The van der Waals surface area contributed by atoms with E-state index in [0.717, 1.165) is 25.6 Å². The van der Waals surface area contributed by atoms with Gasteiger partial charge in [-0.25, -0.2) is 10.4 Å². The van der Waals surface area contributed by atoms with Gasteiger partial charge in [-0.15, -0.1) is 11.3 Å². The molecule has 1 aromatic heterocycles. The Labute approximate surface area is 266 Å². The molecule has 4 aromatic carbocycles. The summed E-state index contributed by atoms with van der Waals surface area (Å²) in [6, 6.07) is 29.7. The van der Waals surface area contributed by atoms with Crippen LogP contribution in [-0.2, 0) is 4.79 Å². The van der Waals surface area contributed by atoms with Crippen LogP contribution in [0.25, 0.3) is 11.3 Å². The maximum Gasteiger partial charge on any atom is 0.271 e. The number of carbonyl (C=O) groups excluding carboxylic acids is 2. The summed E-state index contributed by atoms with van der Waals surface area (Å²) in [4.78, 5) is 29.6. The molecule has 9 nitrogen and oxygen atoms in total. The molecule has 1 heterocycles. The molecule has 43 heavy (non-hydrogen) atoms. The first-order valence-electron chi connectivity index (χ1n) is 13.0. The Bertz CT molecular complexity index is 1730. The lowest BCUT2D eigenvalue weighted by Crippen LogP contribution is -2.20. The number of rotatable bonds is 11. The monoisotopic (exact) mass is 703 g/mol. The fraction of sp³-hybridized carbons (Fsp3) is 0.0625. The Balaban J connectivity index is 1.16. The van der Waals surface area contributed by atoms with Gasteiger partial charge in [0.25, 0.3) is 11.8 Å². The van der Waals surface area contributed by atoms with E-state index in [1.807, 2.05) is 72.1 Å². The van der Waals surface area contributed by atoms with E-state index in [0.29, 0.717) is 28.3 Å². The van der Waals surface area contributed by atoms with Crippen molar-refractivity contribution in [1.29, 1.82) is 0 Å². The number of amides is 2. The molecule has 11 heteroatoms. The van der Waals surface area contributed by atoms with Crippen LogP contribution in [0.4, 0.5) is 16.5 Å². The summed E-state index contributed by atoms with van der Waals surface area (Å²) in [5.74, 6) is 0.239. The van der Waals surface area contributed by atoms with Gasteiger partial charge >= 0.3 is 0 Å². The summed E-state index contributed by atoms with van der Waals surface area (Å²) in [7, 11) is 1.51. The second kappa shape index (κ2) is 14.4. The van der Waals surface area contributed by atoms with E-state index in [2.05, 4.69) is 48.7 Å². The zero-order chi connectivity index (χ0) is 30.0. The predicted molar refractivity (Wildman–Crippen MR) is 179 cm³/mol. The highest BCUT2D eigenvalue weighted by molar-refractivity contribution is 14.1. The van der Waals surface area contributed by atoms with Gasteiger partial charge in [0.05, 0.1) is 22.6 Å². The summed E-state index contributed by atoms with van der Waals surface area (Å²) >= 11 is 3.61. The fourth-order valence-corrected chi connectivity index (χ4v) is 5.46. The second-order valence-corrected chi connectivity index (χ2v) is 11.1. The van der Waals surface area contributed by atoms with E-state index < -0.39 is 0 Å². The van der Waals surface area contributed by atoms with E-state index >= 15 is 0 Å². The number of ether oxygens (including phenoxy) is 2. The molecule has 0 saturated heterocycles. The number of methoxy groups -OCH3 is 1. The summed E-state index contributed by atoms with van der Waals surface area (Å²) in [6.45, 7) is -0.183. The van der Waals surface area contributed by atoms with Gasteiger partial charge in [0, 0.05) is 27.9 Å². The molecule has 0 aliphatic heterocycles. The highest BCUT2D eigenvalue weighted by atomic mass is 127. The van der Waals surface area contributed by atoms with E-state index in [4.69, 9.17) is 9.47 Å². The molecule has 0 unspecified atom stereocenters. The summed E-state index contributed by atoms with van der Waals surface area (Å²) < 4.78 is 11.9.